The van der Waals surface area contributed by atoms with Crippen LogP contribution >= 0.6 is 0 Å². The van der Waals surface area contributed by atoms with Crippen LogP contribution in [0.1, 0.15) is 252 Å². The van der Waals surface area contributed by atoms with Crippen LogP contribution in [0.25, 0.3) is 0 Å². The van der Waals surface area contributed by atoms with E-state index in [1.165, 1.54) is 128 Å². The van der Waals surface area contributed by atoms with Gasteiger partial charge in [0.25, 0.3) is 0 Å². The third-order valence-electron chi connectivity index (χ3n) is 11.3. The Hall–Kier alpha value is -3.41. The molecule has 372 valence electrons. The first-order valence-electron chi connectivity index (χ1n) is 27.1. The Morgan fingerprint density at radius 3 is 0.954 bits per heavy atom. The molecule has 0 spiro atoms. The van der Waals surface area contributed by atoms with Crippen molar-refractivity contribution in [2.45, 2.75) is 258 Å². The lowest BCUT2D eigenvalue weighted by molar-refractivity contribution is -0.167. The van der Waals surface area contributed by atoms with E-state index < -0.39 is 6.10 Å². The highest BCUT2D eigenvalue weighted by Gasteiger charge is 2.19. The first-order chi connectivity index (χ1) is 32.0. The molecule has 0 N–H and O–H groups in total. The zero-order chi connectivity index (χ0) is 47.2. The molecule has 0 amide bonds. The molecule has 0 saturated heterocycles. The van der Waals surface area contributed by atoms with Gasteiger partial charge >= 0.3 is 17.9 Å². The van der Waals surface area contributed by atoms with Gasteiger partial charge < -0.3 is 14.2 Å². The molecule has 0 aliphatic rings. The average molecular weight is 905 g/mol. The van der Waals surface area contributed by atoms with Crippen LogP contribution in [0.2, 0.25) is 0 Å². The first kappa shape index (κ1) is 61.6. The summed E-state index contributed by atoms with van der Waals surface area (Å²) in [5.74, 6) is -1.03. The third-order valence-corrected chi connectivity index (χ3v) is 11.3. The van der Waals surface area contributed by atoms with Crippen LogP contribution in [-0.2, 0) is 28.6 Å². The molecule has 0 fully saturated rings. The topological polar surface area (TPSA) is 78.9 Å². The van der Waals surface area contributed by atoms with Crippen LogP contribution in [0.4, 0.5) is 0 Å². The van der Waals surface area contributed by atoms with Gasteiger partial charge in [0.05, 0.1) is 0 Å². The van der Waals surface area contributed by atoms with Gasteiger partial charge in [0.2, 0.25) is 0 Å². The van der Waals surface area contributed by atoms with E-state index in [1.807, 2.05) is 0 Å². The lowest BCUT2D eigenvalue weighted by Gasteiger charge is -2.18. The molecule has 0 aromatic rings. The van der Waals surface area contributed by atoms with Gasteiger partial charge in [-0.2, -0.15) is 0 Å². The van der Waals surface area contributed by atoms with Gasteiger partial charge in [0, 0.05) is 19.3 Å². The van der Waals surface area contributed by atoms with Gasteiger partial charge in [-0.05, 0) is 109 Å². The highest BCUT2D eigenvalue weighted by Crippen LogP contribution is 2.12. The van der Waals surface area contributed by atoms with Gasteiger partial charge in [0.15, 0.2) is 6.10 Å². The smallest absolute Gasteiger partial charge is 0.306 e. The average Bonchev–Trinajstić information content (AvgIpc) is 3.30. The first-order valence-corrected chi connectivity index (χ1v) is 27.1. The minimum atomic E-state index is -0.826. The lowest BCUT2D eigenvalue weighted by Crippen LogP contribution is -2.30. The Kier molecular flexibility index (Phi) is 50.4. The van der Waals surface area contributed by atoms with Crippen molar-refractivity contribution >= 4 is 17.9 Å². The van der Waals surface area contributed by atoms with Crippen LogP contribution in [0.15, 0.2) is 85.1 Å². The predicted octanol–water partition coefficient (Wildman–Crippen LogP) is 18.0. The van der Waals surface area contributed by atoms with Gasteiger partial charge in [-0.3, -0.25) is 14.4 Å². The molecule has 0 aliphatic heterocycles. The number of rotatable bonds is 48. The van der Waals surface area contributed by atoms with Crippen molar-refractivity contribution in [1.29, 1.82) is 0 Å². The van der Waals surface area contributed by atoms with E-state index in [0.29, 0.717) is 19.3 Å². The van der Waals surface area contributed by atoms with E-state index >= 15 is 0 Å². The minimum absolute atomic E-state index is 0.117. The molecule has 6 nitrogen and oxygen atoms in total. The second-order valence-corrected chi connectivity index (χ2v) is 17.8. The van der Waals surface area contributed by atoms with Crippen molar-refractivity contribution in [2.75, 3.05) is 13.2 Å². The Morgan fingerprint density at radius 1 is 0.308 bits per heavy atom. The maximum absolute atomic E-state index is 12.8. The number of ether oxygens (including phenoxy) is 3. The summed E-state index contributed by atoms with van der Waals surface area (Å²) >= 11 is 0. The summed E-state index contributed by atoms with van der Waals surface area (Å²) in [5, 5.41) is 0. The number of unbranched alkanes of at least 4 members (excludes halogenated alkanes) is 23. The number of esters is 3. The van der Waals surface area contributed by atoms with Crippen LogP contribution in [0, 0.1) is 0 Å². The highest BCUT2D eigenvalue weighted by molar-refractivity contribution is 5.71. The summed E-state index contributed by atoms with van der Waals surface area (Å²) in [4.78, 5) is 38.0. The summed E-state index contributed by atoms with van der Waals surface area (Å²) in [5.41, 5.74) is 0. The summed E-state index contributed by atoms with van der Waals surface area (Å²) in [7, 11) is 0. The summed E-state index contributed by atoms with van der Waals surface area (Å²) < 4.78 is 16.7. The van der Waals surface area contributed by atoms with Crippen LogP contribution < -0.4 is 0 Å². The number of hydrogen-bond acceptors (Lipinski definition) is 6. The van der Waals surface area contributed by atoms with Crippen molar-refractivity contribution in [3.63, 3.8) is 0 Å². The fraction of sp³-hybridized carbons (Fsp3) is 0.712. The van der Waals surface area contributed by atoms with E-state index in [-0.39, 0.29) is 44.0 Å². The van der Waals surface area contributed by atoms with E-state index in [1.54, 1.807) is 0 Å². The third kappa shape index (κ3) is 51.4. The molecular weight excluding hydrogens is 805 g/mol. The number of carbonyl (C=O) groups excluding carboxylic acids is 3. The van der Waals surface area contributed by atoms with Crippen molar-refractivity contribution in [1.82, 2.24) is 0 Å². The predicted molar refractivity (Wildman–Crippen MR) is 279 cm³/mol. The fourth-order valence-corrected chi connectivity index (χ4v) is 7.23. The molecule has 0 radical (unpaired) electrons. The van der Waals surface area contributed by atoms with Crippen molar-refractivity contribution < 1.29 is 28.6 Å². The molecule has 0 unspecified atom stereocenters. The Balaban J connectivity index is 4.55. The molecule has 0 saturated carbocycles. The van der Waals surface area contributed by atoms with E-state index in [0.717, 1.165) is 70.6 Å². The molecular formula is C59H100O6. The van der Waals surface area contributed by atoms with E-state index in [9.17, 15) is 14.4 Å². The maximum atomic E-state index is 12.8. The zero-order valence-electron chi connectivity index (χ0n) is 42.5. The standard InChI is InChI=1S/C59H100O6/c1-4-7-10-13-16-19-22-25-27-29-31-34-37-40-43-46-49-52-58(61)64-55-56(54-63-57(60)51-48-45-42-39-36-33-24-21-18-15-12-9-6-3)65-59(62)53-50-47-44-41-38-35-32-30-28-26-23-20-17-14-11-8-5-2/h21,24-28,31-32,34-35,40-41,43-44,56H,4-20,22-23,29-30,33,36-39,42,45-55H2,1-3H3/b24-21-,27-25-,28-26-,34-31-,35-32-,43-40-,44-41-/t56-/m0/s1. The Bertz CT molecular complexity index is 1270. The number of hydrogen-bond donors (Lipinski definition) is 0. The fourth-order valence-electron chi connectivity index (χ4n) is 7.23. The zero-order valence-corrected chi connectivity index (χ0v) is 42.5. The van der Waals surface area contributed by atoms with Crippen LogP contribution in [0.3, 0.4) is 0 Å². The molecule has 0 bridgehead atoms. The number of carbonyl (C=O) groups is 3. The largest absolute Gasteiger partial charge is 0.462 e. The monoisotopic (exact) mass is 905 g/mol. The van der Waals surface area contributed by atoms with Crippen molar-refractivity contribution in [3.8, 4) is 0 Å². The Labute approximate surface area is 401 Å². The quantitative estimate of drug-likeness (QED) is 0.0262. The number of allylic oxidation sites excluding steroid dienone is 14. The lowest BCUT2D eigenvalue weighted by atomic mass is 10.1. The highest BCUT2D eigenvalue weighted by atomic mass is 16.6. The molecule has 65 heavy (non-hydrogen) atoms. The summed E-state index contributed by atoms with van der Waals surface area (Å²) in [6.07, 6.45) is 68.7. The second-order valence-electron chi connectivity index (χ2n) is 17.8. The van der Waals surface area contributed by atoms with Crippen LogP contribution in [0.5, 0.6) is 0 Å². The summed E-state index contributed by atoms with van der Waals surface area (Å²) in [6, 6.07) is 0. The van der Waals surface area contributed by atoms with Crippen molar-refractivity contribution in [3.05, 3.63) is 85.1 Å². The van der Waals surface area contributed by atoms with Gasteiger partial charge in [-0.15, -0.1) is 0 Å². The van der Waals surface area contributed by atoms with Crippen molar-refractivity contribution in [2.24, 2.45) is 0 Å². The molecule has 0 heterocycles. The normalized spacial score (nSPS) is 12.7. The van der Waals surface area contributed by atoms with E-state index in [2.05, 4.69) is 106 Å². The van der Waals surface area contributed by atoms with Gasteiger partial charge in [-0.1, -0.05) is 209 Å². The molecule has 1 atom stereocenters. The van der Waals surface area contributed by atoms with Gasteiger partial charge in [0.1, 0.15) is 13.2 Å². The SMILES string of the molecule is CCCCCC/C=C\CCCCCCCC(=O)OC[C@@H](COC(=O)CCC/C=C\C/C=C\C/C=C\CCCCCCCC)OC(=O)CCC/C=C\C/C=C\C/C=C\CCCCCCCC. The molecule has 0 aromatic heterocycles. The molecule has 0 aromatic carbocycles. The molecule has 0 aliphatic carbocycles. The second kappa shape index (κ2) is 53.2. The summed E-state index contributed by atoms with van der Waals surface area (Å²) in [6.45, 7) is 6.51. The Morgan fingerprint density at radius 2 is 0.569 bits per heavy atom. The minimum Gasteiger partial charge on any atom is -0.462 e. The van der Waals surface area contributed by atoms with Crippen LogP contribution in [-0.4, -0.2) is 37.2 Å². The maximum Gasteiger partial charge on any atom is 0.306 e. The molecule has 6 heteroatoms. The van der Waals surface area contributed by atoms with Gasteiger partial charge in [-0.25, -0.2) is 0 Å². The molecule has 0 rings (SSSR count). The van der Waals surface area contributed by atoms with E-state index in [4.69, 9.17) is 14.2 Å².